The van der Waals surface area contributed by atoms with Crippen molar-refractivity contribution >= 4 is 29.3 Å². The minimum atomic E-state index is -1.06. The van der Waals surface area contributed by atoms with Crippen LogP contribution in [0.5, 0.6) is 5.88 Å². The van der Waals surface area contributed by atoms with Gasteiger partial charge in [0.15, 0.2) is 5.58 Å². The van der Waals surface area contributed by atoms with Crippen LogP contribution in [0.15, 0.2) is 22.7 Å². The maximum atomic E-state index is 10.9. The van der Waals surface area contributed by atoms with Gasteiger partial charge < -0.3 is 20.1 Å². The monoisotopic (exact) mass is 258 g/mol. The zero-order valence-electron chi connectivity index (χ0n) is 8.75. The summed E-state index contributed by atoms with van der Waals surface area (Å²) in [5, 5.41) is 13.1. The smallest absolute Gasteiger partial charge is 0.339 e. The first-order valence-corrected chi connectivity index (χ1v) is 4.68. The predicted molar refractivity (Wildman–Crippen MR) is 62.8 cm³/mol. The minimum Gasteiger partial charge on any atom is -0.478 e. The third-order valence-electron chi connectivity index (χ3n) is 2.05. The summed E-state index contributed by atoms with van der Waals surface area (Å²) >= 11 is 0. The van der Waals surface area contributed by atoms with Crippen molar-refractivity contribution in [3.63, 3.8) is 0 Å². The minimum absolute atomic E-state index is 0. The summed E-state index contributed by atoms with van der Waals surface area (Å²) in [5.41, 5.74) is 5.56. The Labute approximate surface area is 103 Å². The van der Waals surface area contributed by atoms with Crippen LogP contribution in [0.25, 0.3) is 11.0 Å². The molecule has 2 aromatic rings. The lowest BCUT2D eigenvalue weighted by molar-refractivity contribution is 0.0697. The Balaban J connectivity index is 0.00000144. The molecule has 2 rings (SSSR count). The van der Waals surface area contributed by atoms with Crippen LogP contribution < -0.4 is 10.5 Å². The van der Waals surface area contributed by atoms with E-state index in [2.05, 4.69) is 5.16 Å². The van der Waals surface area contributed by atoms with Gasteiger partial charge in [-0.25, -0.2) is 4.79 Å². The average molecular weight is 259 g/mol. The highest BCUT2D eigenvalue weighted by atomic mass is 35.5. The second kappa shape index (κ2) is 5.51. The number of ether oxygens (including phenoxy) is 1. The Morgan fingerprint density at radius 3 is 2.94 bits per heavy atom. The number of para-hydroxylation sites is 1. The van der Waals surface area contributed by atoms with Crippen molar-refractivity contribution in [3.8, 4) is 5.88 Å². The maximum absolute atomic E-state index is 10.9. The maximum Gasteiger partial charge on any atom is 0.339 e. The summed E-state index contributed by atoms with van der Waals surface area (Å²) in [5.74, 6) is -0.796. The van der Waals surface area contributed by atoms with Crippen LogP contribution in [0.3, 0.4) is 0 Å². The quantitative estimate of drug-likeness (QED) is 0.857. The van der Waals surface area contributed by atoms with Crippen molar-refractivity contribution < 1.29 is 19.2 Å². The Bertz CT molecular complexity index is 526. The van der Waals surface area contributed by atoms with Gasteiger partial charge in [0.25, 0.3) is 5.88 Å². The van der Waals surface area contributed by atoms with Gasteiger partial charge in [0.05, 0.1) is 5.39 Å². The summed E-state index contributed by atoms with van der Waals surface area (Å²) in [6, 6.07) is 4.74. The molecule has 0 bridgehead atoms. The molecule has 0 spiro atoms. The number of fused-ring (bicyclic) bond motifs is 1. The topological polar surface area (TPSA) is 98.6 Å². The molecule has 0 amide bonds. The molecular weight excluding hydrogens is 248 g/mol. The highest BCUT2D eigenvalue weighted by molar-refractivity contribution is 6.02. The lowest BCUT2D eigenvalue weighted by atomic mass is 10.1. The van der Waals surface area contributed by atoms with Gasteiger partial charge in [0, 0.05) is 6.54 Å². The summed E-state index contributed by atoms with van der Waals surface area (Å²) in [6.45, 7) is 0.659. The SMILES string of the molecule is Cl.NCCOc1noc2c(C(=O)O)cccc12. The normalized spacial score (nSPS) is 9.94. The van der Waals surface area contributed by atoms with E-state index in [0.29, 0.717) is 18.5 Å². The molecule has 1 heterocycles. The van der Waals surface area contributed by atoms with E-state index in [9.17, 15) is 4.79 Å². The first-order valence-electron chi connectivity index (χ1n) is 4.68. The van der Waals surface area contributed by atoms with E-state index in [1.165, 1.54) is 6.07 Å². The zero-order valence-corrected chi connectivity index (χ0v) is 9.57. The summed E-state index contributed by atoms with van der Waals surface area (Å²) < 4.78 is 10.2. The van der Waals surface area contributed by atoms with Gasteiger partial charge in [-0.3, -0.25) is 0 Å². The zero-order chi connectivity index (χ0) is 11.5. The van der Waals surface area contributed by atoms with Crippen LogP contribution in [-0.2, 0) is 0 Å². The van der Waals surface area contributed by atoms with Gasteiger partial charge in [-0.15, -0.1) is 12.4 Å². The molecule has 7 heteroatoms. The number of benzene rings is 1. The van der Waals surface area contributed by atoms with E-state index in [1.807, 2.05) is 0 Å². The number of nitrogens with two attached hydrogens (primary N) is 1. The highest BCUT2D eigenvalue weighted by Gasteiger charge is 2.16. The number of carbonyl (C=O) groups is 1. The van der Waals surface area contributed by atoms with Crippen molar-refractivity contribution in [2.75, 3.05) is 13.2 Å². The first-order chi connectivity index (χ1) is 7.74. The van der Waals surface area contributed by atoms with Gasteiger partial charge >= 0.3 is 5.97 Å². The molecule has 17 heavy (non-hydrogen) atoms. The highest BCUT2D eigenvalue weighted by Crippen LogP contribution is 2.27. The molecule has 6 nitrogen and oxygen atoms in total. The fraction of sp³-hybridized carbons (Fsp3) is 0.200. The largest absolute Gasteiger partial charge is 0.478 e. The van der Waals surface area contributed by atoms with Gasteiger partial charge in [0.1, 0.15) is 12.2 Å². The van der Waals surface area contributed by atoms with Gasteiger partial charge in [0.2, 0.25) is 0 Å². The lowest BCUT2D eigenvalue weighted by Gasteiger charge is -1.98. The summed E-state index contributed by atoms with van der Waals surface area (Å²) in [4.78, 5) is 10.9. The molecule has 0 radical (unpaired) electrons. The standard InChI is InChI=1S/C10H10N2O4.ClH/c11-4-5-15-9-6-2-1-3-7(10(13)14)8(6)16-12-9;/h1-3H,4-5,11H2,(H,13,14);1H. The fourth-order valence-corrected chi connectivity index (χ4v) is 1.37. The number of carboxylic acids is 1. The van der Waals surface area contributed by atoms with Crippen LogP contribution >= 0.6 is 12.4 Å². The molecular formula is C10H11ClN2O4. The Hall–Kier alpha value is -1.79. The first kappa shape index (κ1) is 13.3. The number of hydrogen-bond donors (Lipinski definition) is 2. The summed E-state index contributed by atoms with van der Waals surface area (Å²) in [7, 11) is 0. The number of aromatic carboxylic acids is 1. The van der Waals surface area contributed by atoms with Crippen LogP contribution in [-0.4, -0.2) is 29.4 Å². The number of rotatable bonds is 4. The number of halogens is 1. The van der Waals surface area contributed by atoms with E-state index in [4.69, 9.17) is 20.1 Å². The number of carboxylic acid groups (broad SMARTS) is 1. The third kappa shape index (κ3) is 2.48. The molecule has 0 aliphatic rings. The van der Waals surface area contributed by atoms with Crippen molar-refractivity contribution in [2.24, 2.45) is 5.73 Å². The van der Waals surface area contributed by atoms with Crippen LogP contribution in [0, 0.1) is 0 Å². The molecule has 1 aromatic heterocycles. The van der Waals surface area contributed by atoms with E-state index < -0.39 is 5.97 Å². The summed E-state index contributed by atoms with van der Waals surface area (Å²) in [6.07, 6.45) is 0. The molecule has 0 fully saturated rings. The second-order valence-electron chi connectivity index (χ2n) is 3.11. The molecule has 0 saturated carbocycles. The van der Waals surface area contributed by atoms with E-state index in [-0.39, 0.29) is 29.4 Å². The molecule has 0 unspecified atom stereocenters. The van der Waals surface area contributed by atoms with Crippen molar-refractivity contribution in [2.45, 2.75) is 0 Å². The number of nitrogens with zero attached hydrogens (tertiary/aromatic N) is 1. The van der Waals surface area contributed by atoms with Crippen LogP contribution in [0.1, 0.15) is 10.4 Å². The molecule has 3 N–H and O–H groups in total. The molecule has 0 aliphatic heterocycles. The van der Waals surface area contributed by atoms with Gasteiger partial charge in [-0.05, 0) is 17.3 Å². The lowest BCUT2D eigenvalue weighted by Crippen LogP contribution is -2.10. The molecule has 0 aliphatic carbocycles. The fourth-order valence-electron chi connectivity index (χ4n) is 1.37. The molecule has 0 atom stereocenters. The number of aromatic nitrogens is 1. The third-order valence-corrected chi connectivity index (χ3v) is 2.05. The second-order valence-corrected chi connectivity index (χ2v) is 3.11. The predicted octanol–water partition coefficient (Wildman–Crippen LogP) is 1.29. The molecule has 0 saturated heterocycles. The molecule has 1 aromatic carbocycles. The average Bonchev–Trinajstić information content (AvgIpc) is 2.69. The van der Waals surface area contributed by atoms with E-state index >= 15 is 0 Å². The van der Waals surface area contributed by atoms with E-state index in [0.717, 1.165) is 0 Å². The van der Waals surface area contributed by atoms with Crippen molar-refractivity contribution in [1.82, 2.24) is 5.16 Å². The Kier molecular flexibility index (Phi) is 4.30. The van der Waals surface area contributed by atoms with Crippen LogP contribution in [0.2, 0.25) is 0 Å². The Morgan fingerprint density at radius 1 is 1.53 bits per heavy atom. The van der Waals surface area contributed by atoms with Gasteiger partial charge in [-0.1, -0.05) is 6.07 Å². The Morgan fingerprint density at radius 2 is 2.29 bits per heavy atom. The van der Waals surface area contributed by atoms with Crippen molar-refractivity contribution in [3.05, 3.63) is 23.8 Å². The van der Waals surface area contributed by atoms with Gasteiger partial charge in [-0.2, -0.15) is 0 Å². The van der Waals surface area contributed by atoms with Crippen LogP contribution in [0.4, 0.5) is 0 Å². The molecule has 92 valence electrons. The number of hydrogen-bond acceptors (Lipinski definition) is 5. The van der Waals surface area contributed by atoms with E-state index in [1.54, 1.807) is 12.1 Å². The van der Waals surface area contributed by atoms with Crippen molar-refractivity contribution in [1.29, 1.82) is 0 Å².